The van der Waals surface area contributed by atoms with Gasteiger partial charge in [0.2, 0.25) is 11.8 Å². The molecule has 3 amide bonds. The third kappa shape index (κ3) is 5.83. The Kier molecular flexibility index (Phi) is 6.66. The normalized spacial score (nSPS) is 10.5. The van der Waals surface area contributed by atoms with Crippen LogP contribution in [0.25, 0.3) is 0 Å². The Hall–Kier alpha value is -2.85. The molecule has 0 aliphatic carbocycles. The Morgan fingerprint density at radius 1 is 1.07 bits per heavy atom. The van der Waals surface area contributed by atoms with Gasteiger partial charge in [-0.1, -0.05) is 18.3 Å². The minimum atomic E-state index is -0.390. The lowest BCUT2D eigenvalue weighted by molar-refractivity contribution is -0.114. The second-order valence-electron chi connectivity index (χ2n) is 5.68. The largest absolute Gasteiger partial charge is 0.445 e. The molecule has 146 valence electrons. The number of aryl methyl sites for hydroxylation is 1. The number of urea groups is 1. The Morgan fingerprint density at radius 2 is 1.79 bits per heavy atom. The Labute approximate surface area is 170 Å². The van der Waals surface area contributed by atoms with Crippen molar-refractivity contribution in [1.29, 1.82) is 0 Å². The highest BCUT2D eigenvalue weighted by Crippen LogP contribution is 2.30. The highest BCUT2D eigenvalue weighted by molar-refractivity contribution is 8.00. The number of anilines is 3. The summed E-state index contributed by atoms with van der Waals surface area (Å²) in [6, 6.07) is 6.44. The number of oxazole rings is 1. The zero-order valence-electron chi connectivity index (χ0n) is 15.3. The molecule has 0 radical (unpaired) electrons. The van der Waals surface area contributed by atoms with Gasteiger partial charge in [-0.15, -0.1) is 11.8 Å². The van der Waals surface area contributed by atoms with Gasteiger partial charge in [-0.05, 0) is 24.3 Å². The van der Waals surface area contributed by atoms with E-state index in [1.165, 1.54) is 18.3 Å². The van der Waals surface area contributed by atoms with Crippen LogP contribution in [0, 0.1) is 0 Å². The molecule has 3 aromatic rings. The monoisotopic (exact) mass is 417 g/mol. The molecule has 3 N–H and O–H groups in total. The van der Waals surface area contributed by atoms with Crippen molar-refractivity contribution in [3.8, 4) is 0 Å². The predicted octanol–water partition coefficient (Wildman–Crippen LogP) is 4.59. The molecular formula is C18H19N5O3S2. The van der Waals surface area contributed by atoms with E-state index in [-0.39, 0.29) is 5.91 Å². The molecular weight excluding hydrogens is 398 g/mol. The first-order valence-electron chi connectivity index (χ1n) is 8.49. The minimum absolute atomic E-state index is 0.149. The Morgan fingerprint density at radius 3 is 2.43 bits per heavy atom. The first-order valence-corrected chi connectivity index (χ1v) is 10.3. The summed E-state index contributed by atoms with van der Waals surface area (Å²) < 4.78 is 6.52. The van der Waals surface area contributed by atoms with Gasteiger partial charge in [0, 0.05) is 24.7 Å². The van der Waals surface area contributed by atoms with Gasteiger partial charge >= 0.3 is 6.03 Å². The number of nitrogens with zero attached hydrogens (tertiary/aromatic N) is 2. The molecule has 1 aromatic carbocycles. The molecule has 0 bridgehead atoms. The van der Waals surface area contributed by atoms with Crippen LogP contribution in [0.3, 0.4) is 0 Å². The molecule has 0 unspecified atom stereocenters. The second kappa shape index (κ2) is 9.38. The molecule has 0 saturated heterocycles. The van der Waals surface area contributed by atoms with Crippen LogP contribution in [-0.4, -0.2) is 21.9 Å². The van der Waals surface area contributed by atoms with Gasteiger partial charge in [0.15, 0.2) is 5.13 Å². The van der Waals surface area contributed by atoms with Gasteiger partial charge in [0.1, 0.15) is 5.76 Å². The van der Waals surface area contributed by atoms with Crippen LogP contribution in [0.2, 0.25) is 0 Å². The maximum atomic E-state index is 12.1. The molecule has 2 heterocycles. The van der Waals surface area contributed by atoms with Crippen LogP contribution in [0.5, 0.6) is 0 Å². The fourth-order valence-electron chi connectivity index (χ4n) is 2.19. The quantitative estimate of drug-likeness (QED) is 0.485. The maximum absolute atomic E-state index is 12.1. The Balaban J connectivity index is 1.48. The molecule has 3 rings (SSSR count). The van der Waals surface area contributed by atoms with Crippen molar-refractivity contribution in [2.24, 2.45) is 0 Å². The van der Waals surface area contributed by atoms with Gasteiger partial charge in [0.05, 0.1) is 22.4 Å². The summed E-state index contributed by atoms with van der Waals surface area (Å²) in [5.41, 5.74) is 1.27. The number of rotatable bonds is 7. The number of benzene rings is 1. The van der Waals surface area contributed by atoms with E-state index in [0.29, 0.717) is 28.1 Å². The number of aromatic nitrogens is 2. The van der Waals surface area contributed by atoms with Crippen molar-refractivity contribution in [3.05, 3.63) is 48.3 Å². The van der Waals surface area contributed by atoms with Gasteiger partial charge in [0.25, 0.3) is 0 Å². The molecule has 0 fully saturated rings. The number of nitrogens with one attached hydrogen (secondary N) is 3. The van der Waals surface area contributed by atoms with Crippen molar-refractivity contribution in [2.75, 3.05) is 16.0 Å². The highest BCUT2D eigenvalue weighted by atomic mass is 32.2. The van der Waals surface area contributed by atoms with Gasteiger partial charge in [-0.25, -0.2) is 14.8 Å². The molecule has 8 nitrogen and oxygen atoms in total. The maximum Gasteiger partial charge on any atom is 0.325 e. The zero-order chi connectivity index (χ0) is 19.9. The first-order chi connectivity index (χ1) is 13.5. The number of hydrogen-bond donors (Lipinski definition) is 3. The molecule has 0 saturated carbocycles. The zero-order valence-corrected chi connectivity index (χ0v) is 16.9. The van der Waals surface area contributed by atoms with E-state index >= 15 is 0 Å². The summed E-state index contributed by atoms with van der Waals surface area (Å²) in [6.07, 6.45) is 4.26. The van der Waals surface area contributed by atoms with Crippen molar-refractivity contribution < 1.29 is 14.0 Å². The first kappa shape index (κ1) is 19.9. The van der Waals surface area contributed by atoms with Crippen LogP contribution < -0.4 is 16.0 Å². The lowest BCUT2D eigenvalue weighted by Crippen LogP contribution is -2.19. The second-order valence-corrected chi connectivity index (χ2v) is 7.99. The van der Waals surface area contributed by atoms with E-state index in [0.717, 1.165) is 16.4 Å². The fourth-order valence-corrected chi connectivity index (χ4v) is 3.92. The number of carbonyl (C=O) groups is 2. The molecule has 0 spiro atoms. The standard InChI is InChI=1S/C18H19N5O3S2/c1-3-14-8-19-15(26-14)10-27-16-9-20-18(28-16)23-17(25)22-13-6-4-12(5-7-13)21-11(2)24/h4-9H,3,10H2,1-2H3,(H,21,24)(H2,20,22,23,25). The summed E-state index contributed by atoms with van der Waals surface area (Å²) in [5, 5.41) is 8.59. The summed E-state index contributed by atoms with van der Waals surface area (Å²) in [4.78, 5) is 31.6. The summed E-state index contributed by atoms with van der Waals surface area (Å²) in [6.45, 7) is 3.45. The predicted molar refractivity (Wildman–Crippen MR) is 111 cm³/mol. The molecule has 0 aliphatic heterocycles. The minimum Gasteiger partial charge on any atom is -0.445 e. The number of amides is 3. The number of thioether (sulfide) groups is 1. The van der Waals surface area contributed by atoms with E-state index < -0.39 is 6.03 Å². The molecule has 0 atom stereocenters. The van der Waals surface area contributed by atoms with E-state index in [1.807, 2.05) is 6.92 Å². The van der Waals surface area contributed by atoms with Crippen molar-refractivity contribution in [3.63, 3.8) is 0 Å². The van der Waals surface area contributed by atoms with E-state index in [9.17, 15) is 9.59 Å². The molecule has 28 heavy (non-hydrogen) atoms. The third-order valence-corrected chi connectivity index (χ3v) is 5.55. The van der Waals surface area contributed by atoms with Crippen molar-refractivity contribution in [1.82, 2.24) is 9.97 Å². The third-order valence-electron chi connectivity index (χ3n) is 3.46. The summed E-state index contributed by atoms with van der Waals surface area (Å²) in [5.74, 6) is 1.99. The molecule has 0 aliphatic rings. The number of carbonyl (C=O) groups excluding carboxylic acids is 2. The van der Waals surface area contributed by atoms with Gasteiger partial charge < -0.3 is 15.1 Å². The lowest BCUT2D eigenvalue weighted by Gasteiger charge is -2.07. The van der Waals surface area contributed by atoms with Crippen LogP contribution in [0.15, 0.2) is 45.3 Å². The Bertz CT molecular complexity index is 952. The van der Waals surface area contributed by atoms with Crippen LogP contribution in [0.4, 0.5) is 21.3 Å². The highest BCUT2D eigenvalue weighted by Gasteiger charge is 2.09. The average molecular weight is 418 g/mol. The van der Waals surface area contributed by atoms with Crippen LogP contribution in [-0.2, 0) is 17.0 Å². The summed E-state index contributed by atoms with van der Waals surface area (Å²) >= 11 is 2.93. The smallest absolute Gasteiger partial charge is 0.325 e. The van der Waals surface area contributed by atoms with Crippen LogP contribution >= 0.6 is 23.1 Å². The van der Waals surface area contributed by atoms with E-state index in [4.69, 9.17) is 4.42 Å². The number of hydrogen-bond acceptors (Lipinski definition) is 7. The average Bonchev–Trinajstić information content (AvgIpc) is 3.30. The topological polar surface area (TPSA) is 109 Å². The van der Waals surface area contributed by atoms with Crippen molar-refractivity contribution >= 4 is 51.5 Å². The molecule has 10 heteroatoms. The van der Waals surface area contributed by atoms with Crippen molar-refractivity contribution in [2.45, 2.75) is 30.2 Å². The summed E-state index contributed by atoms with van der Waals surface area (Å²) in [7, 11) is 0. The fraction of sp³-hybridized carbons (Fsp3) is 0.222. The lowest BCUT2D eigenvalue weighted by atomic mass is 10.3. The van der Waals surface area contributed by atoms with E-state index in [1.54, 1.807) is 48.4 Å². The molecule has 2 aromatic heterocycles. The van der Waals surface area contributed by atoms with E-state index in [2.05, 4.69) is 25.9 Å². The number of thiazole rings is 1. The van der Waals surface area contributed by atoms with Crippen LogP contribution in [0.1, 0.15) is 25.5 Å². The van der Waals surface area contributed by atoms with Gasteiger partial charge in [-0.3, -0.25) is 10.1 Å². The SMILES string of the molecule is CCc1cnc(CSc2cnc(NC(=O)Nc3ccc(NC(C)=O)cc3)s2)o1. The van der Waals surface area contributed by atoms with Gasteiger partial charge in [-0.2, -0.15) is 0 Å².